The Morgan fingerprint density at radius 2 is 1.41 bits per heavy atom. The van der Waals surface area contributed by atoms with Gasteiger partial charge in [-0.1, -0.05) is 42.5 Å². The van der Waals surface area contributed by atoms with Gasteiger partial charge in [0.2, 0.25) is 0 Å². The molecule has 0 radical (unpaired) electrons. The van der Waals surface area contributed by atoms with Gasteiger partial charge in [-0.2, -0.15) is 0 Å². The number of rotatable bonds is 1. The molecule has 2 aromatic rings. The van der Waals surface area contributed by atoms with Gasteiger partial charge in [0.1, 0.15) is 4.84 Å². The van der Waals surface area contributed by atoms with Crippen LogP contribution in [0.4, 0.5) is 0 Å². The van der Waals surface area contributed by atoms with Crippen LogP contribution < -0.4 is 4.90 Å². The molecular weight excluding hydrogens is 253 g/mol. The Balaban J connectivity index is 0.000000317. The van der Waals surface area contributed by atoms with E-state index in [2.05, 4.69) is 33.3 Å². The predicted octanol–water partition coefficient (Wildman–Crippen LogP) is 3.08. The Kier molecular flexibility index (Phi) is 5.76. The molecule has 0 saturated carbocycles. The molecule has 0 bridgehead atoms. The van der Waals surface area contributed by atoms with Crippen molar-refractivity contribution in [3.63, 3.8) is 0 Å². The maximum absolute atomic E-state index is 5.85. The Morgan fingerprint density at radius 1 is 0.882 bits per heavy atom. The van der Waals surface area contributed by atoms with Gasteiger partial charge in [0.25, 0.3) is 0 Å². The third kappa shape index (κ3) is 4.55. The van der Waals surface area contributed by atoms with Gasteiger partial charge in [0.15, 0.2) is 0 Å². The fourth-order valence-electron chi connectivity index (χ4n) is 1.44. The number of hydrogen-bond donors (Lipinski definition) is 1. The van der Waals surface area contributed by atoms with Crippen molar-refractivity contribution >= 4 is 34.0 Å². The van der Waals surface area contributed by atoms with Gasteiger partial charge in [-0.05, 0) is 16.3 Å². The Morgan fingerprint density at radius 3 is 2.00 bits per heavy atom. The van der Waals surface area contributed by atoms with Crippen molar-refractivity contribution in [2.75, 3.05) is 21.1 Å². The molecule has 0 fully saturated rings. The van der Waals surface area contributed by atoms with Crippen LogP contribution in [0.5, 0.6) is 0 Å². The number of benzene rings is 2. The van der Waals surface area contributed by atoms with Gasteiger partial charge in [-0.3, -0.25) is 0 Å². The molecule has 92 valence electrons. The molecule has 0 aliphatic rings. The highest BCUT2D eigenvalue weighted by Gasteiger charge is 2.06. The Hall–Kier alpha value is -0.760. The van der Waals surface area contributed by atoms with E-state index in [9.17, 15) is 0 Å². The summed E-state index contributed by atoms with van der Waals surface area (Å²) in [4.78, 5) is 0.964. The van der Waals surface area contributed by atoms with E-state index in [0.29, 0.717) is 0 Å². The van der Waals surface area contributed by atoms with Gasteiger partial charge in [0.05, 0.1) is 21.1 Å². The van der Waals surface area contributed by atoms with Crippen LogP contribution in [0.3, 0.4) is 0 Å². The molecule has 1 N–H and O–H groups in total. The van der Waals surface area contributed by atoms with Gasteiger partial charge < -0.3 is 4.90 Å². The van der Waals surface area contributed by atoms with Crippen molar-refractivity contribution in [2.45, 2.75) is 4.84 Å². The summed E-state index contributed by atoms with van der Waals surface area (Å²) in [6.45, 7) is 0. The van der Waals surface area contributed by atoms with Crippen LogP contribution in [-0.2, 0) is 0 Å². The first-order valence-electron chi connectivity index (χ1n) is 5.55. The van der Waals surface area contributed by atoms with E-state index in [0.717, 1.165) is 10.9 Å². The summed E-state index contributed by atoms with van der Waals surface area (Å²) in [5, 5.41) is 2.30. The molecule has 0 unspecified atom stereocenters. The second kappa shape index (κ2) is 6.85. The van der Waals surface area contributed by atoms with Gasteiger partial charge in [-0.25, -0.2) is 0 Å². The summed E-state index contributed by atoms with van der Waals surface area (Å²) < 4.78 is 0. The first-order chi connectivity index (χ1) is 8.02. The van der Waals surface area contributed by atoms with Crippen LogP contribution in [0.2, 0.25) is 0 Å². The first kappa shape index (κ1) is 14.3. The van der Waals surface area contributed by atoms with Crippen molar-refractivity contribution in [3.8, 4) is 0 Å². The van der Waals surface area contributed by atoms with Crippen LogP contribution >= 0.6 is 23.2 Å². The minimum absolute atomic E-state index is 0.453. The molecule has 0 spiro atoms. The summed E-state index contributed by atoms with van der Waals surface area (Å²) in [6, 6.07) is 14.0. The molecule has 0 aliphatic heterocycles. The lowest BCUT2D eigenvalue weighted by Crippen LogP contribution is -3.02. The lowest BCUT2D eigenvalue weighted by molar-refractivity contribution is -0.836. The summed E-state index contributed by atoms with van der Waals surface area (Å²) in [5.41, 5.74) is 0.974. The van der Waals surface area contributed by atoms with Crippen molar-refractivity contribution in [1.82, 2.24) is 0 Å². The molecule has 2 rings (SSSR count). The average Bonchev–Trinajstić information content (AvgIpc) is 2.27. The highest BCUT2D eigenvalue weighted by Crippen LogP contribution is 2.30. The van der Waals surface area contributed by atoms with E-state index in [-0.39, 0.29) is 0 Å². The molecular formula is C14H18Cl2N+. The smallest absolute Gasteiger partial charge is 0.133 e. The molecule has 2 aromatic carbocycles. The topological polar surface area (TPSA) is 4.44 Å². The first-order valence-corrected chi connectivity index (χ1v) is 6.42. The third-order valence-electron chi connectivity index (χ3n) is 2.06. The standard InChI is InChI=1S/C11H8Cl2.C3H9N/c12-11(13)10-7-3-5-8-4-1-2-6-9(8)10;1-4(2)3/h1-7,11H;1-3H3/p+1. The van der Waals surface area contributed by atoms with E-state index < -0.39 is 4.84 Å². The molecule has 1 nitrogen and oxygen atoms in total. The van der Waals surface area contributed by atoms with E-state index >= 15 is 0 Å². The normalized spacial score (nSPS) is 10.5. The molecule has 3 heteroatoms. The Labute approximate surface area is 113 Å². The monoisotopic (exact) mass is 270 g/mol. The lowest BCUT2D eigenvalue weighted by atomic mass is 10.1. The number of nitrogens with one attached hydrogen (secondary N) is 1. The largest absolute Gasteiger partial charge is 0.342 e. The average molecular weight is 271 g/mol. The van der Waals surface area contributed by atoms with Crippen LogP contribution in [0.25, 0.3) is 10.8 Å². The van der Waals surface area contributed by atoms with Crippen molar-refractivity contribution in [2.24, 2.45) is 0 Å². The van der Waals surface area contributed by atoms with Crippen molar-refractivity contribution in [3.05, 3.63) is 48.0 Å². The van der Waals surface area contributed by atoms with E-state index in [4.69, 9.17) is 23.2 Å². The zero-order chi connectivity index (χ0) is 12.8. The molecule has 0 heterocycles. The van der Waals surface area contributed by atoms with E-state index in [1.54, 1.807) is 0 Å². The maximum atomic E-state index is 5.85. The highest BCUT2D eigenvalue weighted by molar-refractivity contribution is 6.44. The third-order valence-corrected chi connectivity index (χ3v) is 2.53. The van der Waals surface area contributed by atoms with Crippen LogP contribution in [0, 0.1) is 0 Å². The minimum atomic E-state index is -0.453. The quantitative estimate of drug-likeness (QED) is 0.760. The van der Waals surface area contributed by atoms with E-state index in [1.807, 2.05) is 30.3 Å². The lowest BCUT2D eigenvalue weighted by Gasteiger charge is -2.05. The zero-order valence-electron chi connectivity index (χ0n) is 10.4. The number of halogens is 2. The van der Waals surface area contributed by atoms with Crippen LogP contribution in [0.1, 0.15) is 10.4 Å². The van der Waals surface area contributed by atoms with Crippen LogP contribution in [-0.4, -0.2) is 21.1 Å². The van der Waals surface area contributed by atoms with Crippen molar-refractivity contribution in [1.29, 1.82) is 0 Å². The number of quaternary nitrogens is 1. The molecule has 0 amide bonds. The fraction of sp³-hybridized carbons (Fsp3) is 0.286. The summed E-state index contributed by atoms with van der Waals surface area (Å²) in [7, 11) is 6.25. The summed E-state index contributed by atoms with van der Waals surface area (Å²) in [5.74, 6) is 0. The molecule has 0 aliphatic carbocycles. The molecule has 0 atom stereocenters. The van der Waals surface area contributed by atoms with Crippen LogP contribution in [0.15, 0.2) is 42.5 Å². The van der Waals surface area contributed by atoms with Gasteiger partial charge in [0, 0.05) is 0 Å². The number of alkyl halides is 2. The minimum Gasteiger partial charge on any atom is -0.342 e. The predicted molar refractivity (Wildman–Crippen MR) is 77.1 cm³/mol. The van der Waals surface area contributed by atoms with Gasteiger partial charge >= 0.3 is 0 Å². The summed E-state index contributed by atoms with van der Waals surface area (Å²) in [6.07, 6.45) is 0. The molecule has 0 saturated heterocycles. The maximum Gasteiger partial charge on any atom is 0.133 e. The highest BCUT2D eigenvalue weighted by atomic mass is 35.5. The number of hydrogen-bond acceptors (Lipinski definition) is 0. The second-order valence-corrected chi connectivity index (χ2v) is 5.47. The Bertz CT molecular complexity index is 458. The SMILES string of the molecule is C[NH+](C)C.ClC(Cl)c1cccc2ccccc12. The second-order valence-electron chi connectivity index (χ2n) is 4.37. The summed E-state index contributed by atoms with van der Waals surface area (Å²) >= 11 is 11.7. The molecule has 0 aromatic heterocycles. The molecule has 17 heavy (non-hydrogen) atoms. The van der Waals surface area contributed by atoms with Crippen molar-refractivity contribution < 1.29 is 4.90 Å². The fourth-order valence-corrected chi connectivity index (χ4v) is 1.82. The van der Waals surface area contributed by atoms with E-state index in [1.165, 1.54) is 10.3 Å². The van der Waals surface area contributed by atoms with Gasteiger partial charge in [-0.15, -0.1) is 23.2 Å². The zero-order valence-corrected chi connectivity index (χ0v) is 11.9. The number of fused-ring (bicyclic) bond motifs is 1.